The largest absolute Gasteiger partial charge is 1.00 e. The van der Waals surface area contributed by atoms with Crippen LogP contribution in [0.4, 0.5) is 14.5 Å². The average molecular weight is 484 g/mol. The lowest BCUT2D eigenvalue weighted by Crippen LogP contribution is -3.00. The predicted octanol–water partition coefficient (Wildman–Crippen LogP) is 1.39. The van der Waals surface area contributed by atoms with E-state index in [1.807, 2.05) is 24.5 Å². The number of hydrogen-bond acceptors (Lipinski definition) is 4. The third kappa shape index (κ3) is 5.77. The molecule has 32 heavy (non-hydrogen) atoms. The van der Waals surface area contributed by atoms with Crippen LogP contribution in [0.3, 0.4) is 0 Å². The molecule has 2 aromatic carbocycles. The molecule has 1 amide bonds. The van der Waals surface area contributed by atoms with Crippen LogP contribution in [0.2, 0.25) is 0 Å². The minimum Gasteiger partial charge on any atom is -1.00 e. The lowest BCUT2D eigenvalue weighted by atomic mass is 10.2. The Kier molecular flexibility index (Phi) is 9.03. The van der Waals surface area contributed by atoms with Crippen LogP contribution in [-0.4, -0.2) is 28.8 Å². The van der Waals surface area contributed by atoms with E-state index in [0.717, 1.165) is 16.9 Å². The Morgan fingerprint density at radius 3 is 2.44 bits per heavy atom. The highest BCUT2D eigenvalue weighted by molar-refractivity contribution is 7.99. The number of thioether (sulfide) groups is 1. The van der Waals surface area contributed by atoms with Gasteiger partial charge in [-0.3, -0.25) is 4.79 Å². The monoisotopic (exact) mass is 483 g/mol. The Bertz CT molecular complexity index is 1100. The zero-order valence-electron chi connectivity index (χ0n) is 17.9. The van der Waals surface area contributed by atoms with Crippen molar-refractivity contribution in [3.05, 3.63) is 53.9 Å². The molecule has 6 nitrogen and oxygen atoms in total. The Balaban J connectivity index is 0.00000363. The molecule has 3 rings (SSSR count). The Morgan fingerprint density at radius 1 is 1.16 bits per heavy atom. The first-order valence-corrected chi connectivity index (χ1v) is 10.8. The van der Waals surface area contributed by atoms with Gasteiger partial charge in [0.15, 0.2) is 17.6 Å². The van der Waals surface area contributed by atoms with Crippen LogP contribution in [0, 0.1) is 6.92 Å². The highest BCUT2D eigenvalue weighted by Crippen LogP contribution is 2.26. The third-order valence-electron chi connectivity index (χ3n) is 4.83. The molecular formula is C22H24ClF2N3O3S. The van der Waals surface area contributed by atoms with E-state index in [1.54, 1.807) is 43.3 Å². The minimum absolute atomic E-state index is 0. The normalized spacial score (nSPS) is 10.8. The summed E-state index contributed by atoms with van der Waals surface area (Å²) in [5.41, 5.74) is 2.61. The second-order valence-electron chi connectivity index (χ2n) is 6.75. The number of nitrogens with zero attached hydrogens (tertiary/aromatic N) is 2. The average Bonchev–Trinajstić information content (AvgIpc) is 2.99. The molecule has 0 unspecified atom stereocenters. The topological polar surface area (TPSA) is 64.2 Å². The number of benzene rings is 2. The highest BCUT2D eigenvalue weighted by Gasteiger charge is 2.24. The Labute approximate surface area is 195 Å². The maximum atomic E-state index is 12.7. The van der Waals surface area contributed by atoms with Gasteiger partial charge in [-0.25, -0.2) is 13.9 Å². The highest BCUT2D eigenvalue weighted by atomic mass is 35.5. The van der Waals surface area contributed by atoms with E-state index in [0.29, 0.717) is 34.5 Å². The fraction of sp³-hybridized carbons (Fsp3) is 0.318. The molecule has 1 heterocycles. The number of ether oxygens (including phenoxy) is 1. The molecule has 0 saturated heterocycles. The number of esters is 1. The second-order valence-corrected chi connectivity index (χ2v) is 7.82. The lowest BCUT2D eigenvalue weighted by molar-refractivity contribution is -0.674. The van der Waals surface area contributed by atoms with Gasteiger partial charge in [-0.2, -0.15) is 8.78 Å². The summed E-state index contributed by atoms with van der Waals surface area (Å²) in [4.78, 5) is 25.3. The van der Waals surface area contributed by atoms with Crippen LogP contribution < -0.4 is 22.3 Å². The van der Waals surface area contributed by atoms with E-state index in [-0.39, 0.29) is 31.5 Å². The number of nitrogens with one attached hydrogen (secondary N) is 1. The third-order valence-corrected chi connectivity index (χ3v) is 5.55. The molecule has 3 aromatic rings. The van der Waals surface area contributed by atoms with Gasteiger partial charge in [0.25, 0.3) is 17.5 Å². The van der Waals surface area contributed by atoms with Crippen LogP contribution in [0.5, 0.6) is 0 Å². The molecule has 0 aliphatic heterocycles. The van der Waals surface area contributed by atoms with E-state index in [2.05, 4.69) is 9.88 Å². The van der Waals surface area contributed by atoms with E-state index in [1.165, 1.54) is 0 Å². The van der Waals surface area contributed by atoms with Crippen molar-refractivity contribution >= 4 is 40.4 Å². The molecule has 1 aromatic heterocycles. The number of fused-ring (bicyclic) bond motifs is 1. The van der Waals surface area contributed by atoms with Gasteiger partial charge in [0.1, 0.15) is 0 Å². The molecule has 0 saturated carbocycles. The van der Waals surface area contributed by atoms with Gasteiger partial charge in [0, 0.05) is 23.6 Å². The van der Waals surface area contributed by atoms with Crippen LogP contribution in [0.15, 0.2) is 47.4 Å². The first-order chi connectivity index (χ1) is 14.8. The SMILES string of the molecule is CCOC(=O)c1ccc2c(c1)n(CC(=O)Nc1ccc(SC(F)F)cc1)c(C)[n+]2CC.[Cl-]. The van der Waals surface area contributed by atoms with Crippen LogP contribution in [0.1, 0.15) is 30.0 Å². The number of carbonyl (C=O) groups excluding carboxylic acids is 2. The molecule has 0 aliphatic rings. The Morgan fingerprint density at radius 2 is 1.84 bits per heavy atom. The maximum Gasteiger partial charge on any atom is 0.338 e. The molecule has 0 fully saturated rings. The zero-order valence-corrected chi connectivity index (χ0v) is 19.5. The number of rotatable bonds is 8. The van der Waals surface area contributed by atoms with Gasteiger partial charge in [0.05, 0.1) is 18.7 Å². The molecule has 0 aliphatic carbocycles. The number of hydrogen-bond donors (Lipinski definition) is 1. The van der Waals surface area contributed by atoms with Crippen molar-refractivity contribution in [3.8, 4) is 0 Å². The van der Waals surface area contributed by atoms with E-state index in [9.17, 15) is 18.4 Å². The van der Waals surface area contributed by atoms with Gasteiger partial charge in [-0.15, -0.1) is 0 Å². The summed E-state index contributed by atoms with van der Waals surface area (Å²) in [6, 6.07) is 11.6. The van der Waals surface area contributed by atoms with Crippen molar-refractivity contribution in [2.24, 2.45) is 0 Å². The number of amides is 1. The van der Waals surface area contributed by atoms with E-state index >= 15 is 0 Å². The number of aromatic nitrogens is 2. The van der Waals surface area contributed by atoms with Crippen LogP contribution in [-0.2, 0) is 22.6 Å². The minimum atomic E-state index is -2.49. The second kappa shape index (κ2) is 11.3. The first-order valence-electron chi connectivity index (χ1n) is 9.88. The number of imidazole rings is 1. The predicted molar refractivity (Wildman–Crippen MR) is 115 cm³/mol. The molecule has 1 N–H and O–H groups in total. The number of aryl methyl sites for hydroxylation is 1. The smallest absolute Gasteiger partial charge is 0.338 e. The van der Waals surface area contributed by atoms with Crippen LogP contribution in [0.25, 0.3) is 11.0 Å². The molecular weight excluding hydrogens is 460 g/mol. The van der Waals surface area contributed by atoms with Crippen LogP contribution >= 0.6 is 11.8 Å². The number of anilines is 1. The molecule has 172 valence electrons. The van der Waals surface area contributed by atoms with Crippen molar-refractivity contribution in [2.75, 3.05) is 11.9 Å². The van der Waals surface area contributed by atoms with Gasteiger partial charge in [-0.05, 0) is 50.2 Å². The summed E-state index contributed by atoms with van der Waals surface area (Å²) >= 11 is 0.454. The van der Waals surface area contributed by atoms with Gasteiger partial charge in [-0.1, -0.05) is 11.8 Å². The number of carbonyl (C=O) groups is 2. The summed E-state index contributed by atoms with van der Waals surface area (Å²) in [6.07, 6.45) is 0. The quantitative estimate of drug-likeness (QED) is 0.299. The molecule has 0 spiro atoms. The van der Waals surface area contributed by atoms with Crippen molar-refractivity contribution in [3.63, 3.8) is 0 Å². The van der Waals surface area contributed by atoms with Crippen molar-refractivity contribution in [2.45, 2.75) is 44.5 Å². The fourth-order valence-electron chi connectivity index (χ4n) is 3.47. The number of halogens is 3. The maximum absolute atomic E-state index is 12.7. The number of alkyl halides is 2. The molecule has 0 radical (unpaired) electrons. The Hall–Kier alpha value is -2.65. The first kappa shape index (κ1) is 25.6. The van der Waals surface area contributed by atoms with Gasteiger partial charge in [0.2, 0.25) is 0 Å². The lowest BCUT2D eigenvalue weighted by Gasteiger charge is -2.06. The summed E-state index contributed by atoms with van der Waals surface area (Å²) < 4.78 is 33.9. The standard InChI is InChI=1S/C22H23F2N3O3S.ClH/c1-4-26-14(3)27(19-12-15(6-11-18(19)26)21(29)30-5-2)13-20(28)25-16-7-9-17(10-8-16)31-22(23)24;/h6-12,22H,4-5,13H2,1-3H3;1H. The summed E-state index contributed by atoms with van der Waals surface area (Å²) in [5, 5.41) is 2.79. The van der Waals surface area contributed by atoms with Crippen molar-refractivity contribution in [1.29, 1.82) is 0 Å². The summed E-state index contributed by atoms with van der Waals surface area (Å²) in [6.45, 7) is 6.70. The summed E-state index contributed by atoms with van der Waals surface area (Å²) in [5.74, 6) is -2.30. The van der Waals surface area contributed by atoms with E-state index in [4.69, 9.17) is 4.74 Å². The molecule has 0 atom stereocenters. The zero-order chi connectivity index (χ0) is 22.5. The van der Waals surface area contributed by atoms with E-state index < -0.39 is 11.7 Å². The molecule has 10 heteroatoms. The molecule has 0 bridgehead atoms. The van der Waals surface area contributed by atoms with Gasteiger partial charge >= 0.3 is 5.97 Å². The summed E-state index contributed by atoms with van der Waals surface area (Å²) in [7, 11) is 0. The fourth-order valence-corrected chi connectivity index (χ4v) is 3.97. The van der Waals surface area contributed by atoms with Gasteiger partial charge < -0.3 is 22.5 Å². The van der Waals surface area contributed by atoms with Crippen molar-refractivity contribution in [1.82, 2.24) is 4.57 Å². The van der Waals surface area contributed by atoms with Crippen molar-refractivity contribution < 1.29 is 40.1 Å².